The minimum Gasteiger partial charge on any atom is -0.394 e. The molecule has 0 bridgehead atoms. The highest BCUT2D eigenvalue weighted by atomic mass is 35.5. The molecule has 0 aromatic carbocycles. The molecule has 0 unspecified atom stereocenters. The third kappa shape index (κ3) is 1.99. The molecule has 1 aromatic rings. The Labute approximate surface area is 117 Å². The summed E-state index contributed by atoms with van der Waals surface area (Å²) in [5, 5.41) is 19.5. The van der Waals surface area contributed by atoms with E-state index in [4.69, 9.17) is 16.3 Å². The van der Waals surface area contributed by atoms with E-state index in [1.807, 2.05) is 4.98 Å². The van der Waals surface area contributed by atoms with Gasteiger partial charge in [-0.1, -0.05) is 0 Å². The smallest absolute Gasteiger partial charge is 0.330 e. The maximum Gasteiger partial charge on any atom is 0.330 e. The van der Waals surface area contributed by atoms with Crippen LogP contribution in [0.25, 0.3) is 0 Å². The van der Waals surface area contributed by atoms with Crippen molar-refractivity contribution in [2.75, 3.05) is 13.3 Å². The van der Waals surface area contributed by atoms with Gasteiger partial charge in [0.2, 0.25) is 0 Å². The molecule has 0 aliphatic carbocycles. The van der Waals surface area contributed by atoms with Crippen molar-refractivity contribution >= 4 is 11.6 Å². The summed E-state index contributed by atoms with van der Waals surface area (Å²) in [6, 6.07) is 1.07. The van der Waals surface area contributed by atoms with Crippen molar-refractivity contribution < 1.29 is 19.3 Å². The fourth-order valence-electron chi connectivity index (χ4n) is 2.27. The summed E-state index contributed by atoms with van der Waals surface area (Å²) in [7, 11) is 0. The van der Waals surface area contributed by atoms with Crippen molar-refractivity contribution in [3.8, 4) is 0 Å². The lowest BCUT2D eigenvalue weighted by Gasteiger charge is -2.35. The van der Waals surface area contributed by atoms with Crippen LogP contribution in [0.4, 0.5) is 4.39 Å². The first kappa shape index (κ1) is 15.2. The van der Waals surface area contributed by atoms with Gasteiger partial charge in [0.05, 0.1) is 6.61 Å². The van der Waals surface area contributed by atoms with E-state index >= 15 is 0 Å². The molecular formula is C11H14ClFN2O5. The monoisotopic (exact) mass is 308 g/mol. The topological polar surface area (TPSA) is 105 Å². The predicted octanol–water partition coefficient (Wildman–Crippen LogP) is -0.876. The molecule has 3 N–H and O–H groups in total. The summed E-state index contributed by atoms with van der Waals surface area (Å²) in [6.45, 7) is -0.629. The minimum absolute atomic E-state index is 0.611. The molecule has 1 aliphatic heterocycles. The van der Waals surface area contributed by atoms with E-state index < -0.39 is 47.3 Å². The van der Waals surface area contributed by atoms with Crippen LogP contribution in [-0.4, -0.2) is 49.6 Å². The first-order chi connectivity index (χ1) is 9.27. The Morgan fingerprint density at radius 1 is 1.60 bits per heavy atom. The van der Waals surface area contributed by atoms with Gasteiger partial charge in [-0.15, -0.1) is 11.6 Å². The molecule has 20 heavy (non-hydrogen) atoms. The largest absolute Gasteiger partial charge is 0.394 e. The molecule has 2 rings (SSSR count). The second-order valence-corrected chi connectivity index (χ2v) is 5.60. The number of halogens is 2. The molecule has 112 valence electrons. The van der Waals surface area contributed by atoms with Gasteiger partial charge in [-0.2, -0.15) is 0 Å². The number of hydrogen-bond acceptors (Lipinski definition) is 5. The van der Waals surface area contributed by atoms with E-state index in [0.29, 0.717) is 0 Å². The molecule has 0 radical (unpaired) electrons. The molecule has 1 fully saturated rings. The Hall–Kier alpha value is -1.22. The van der Waals surface area contributed by atoms with Crippen LogP contribution in [0.1, 0.15) is 13.2 Å². The average molecular weight is 309 g/mol. The highest BCUT2D eigenvalue weighted by molar-refractivity contribution is 6.25. The molecule has 7 nitrogen and oxygen atoms in total. The summed E-state index contributed by atoms with van der Waals surface area (Å²) in [6.07, 6.45) is -1.41. The number of alkyl halides is 2. The molecule has 1 aromatic heterocycles. The second kappa shape index (κ2) is 4.96. The number of aromatic nitrogens is 2. The maximum absolute atomic E-state index is 13.2. The Morgan fingerprint density at radius 2 is 2.25 bits per heavy atom. The highest BCUT2D eigenvalue weighted by Crippen LogP contribution is 2.49. The van der Waals surface area contributed by atoms with Crippen molar-refractivity contribution in [1.82, 2.24) is 9.55 Å². The van der Waals surface area contributed by atoms with Gasteiger partial charge >= 0.3 is 5.69 Å². The first-order valence-electron chi connectivity index (χ1n) is 5.83. The molecule has 9 heteroatoms. The zero-order valence-electron chi connectivity index (χ0n) is 10.5. The number of aliphatic hydroxyl groups excluding tert-OH is 1. The zero-order valence-corrected chi connectivity index (χ0v) is 11.3. The number of nitrogens with one attached hydrogen (secondary N) is 1. The number of aliphatic hydroxyl groups is 2. The van der Waals surface area contributed by atoms with Crippen LogP contribution in [0.2, 0.25) is 0 Å². The van der Waals surface area contributed by atoms with Crippen molar-refractivity contribution in [3.63, 3.8) is 0 Å². The number of H-pyrrole nitrogens is 1. The molecule has 0 spiro atoms. The molecule has 1 aliphatic rings. The minimum atomic E-state index is -2.16. The van der Waals surface area contributed by atoms with Gasteiger partial charge < -0.3 is 14.9 Å². The van der Waals surface area contributed by atoms with Crippen LogP contribution in [0.5, 0.6) is 0 Å². The Morgan fingerprint density at radius 3 is 2.70 bits per heavy atom. The Balaban J connectivity index is 2.53. The van der Waals surface area contributed by atoms with Crippen LogP contribution in [0.3, 0.4) is 0 Å². The van der Waals surface area contributed by atoms with Crippen molar-refractivity contribution in [2.45, 2.75) is 29.7 Å². The third-order valence-corrected chi connectivity index (χ3v) is 4.12. The van der Waals surface area contributed by atoms with Gasteiger partial charge in [0.1, 0.15) is 23.3 Å². The van der Waals surface area contributed by atoms with Crippen LogP contribution >= 0.6 is 11.6 Å². The van der Waals surface area contributed by atoms with E-state index in [9.17, 15) is 24.2 Å². The van der Waals surface area contributed by atoms with Gasteiger partial charge in [0.15, 0.2) is 6.23 Å². The number of rotatable bonds is 3. The Bertz CT molecular complexity index is 615. The normalized spacial score (nSPS) is 37.2. The molecule has 2 heterocycles. The quantitative estimate of drug-likeness (QED) is 0.629. The summed E-state index contributed by atoms with van der Waals surface area (Å²) >= 11 is 6.18. The fourth-order valence-corrected chi connectivity index (χ4v) is 2.60. The molecule has 4 atom stereocenters. The van der Waals surface area contributed by atoms with Crippen LogP contribution in [0.15, 0.2) is 21.9 Å². The highest BCUT2D eigenvalue weighted by Gasteiger charge is 2.64. The number of nitrogens with zero attached hydrogens (tertiary/aromatic N) is 1. The first-order valence-corrected chi connectivity index (χ1v) is 6.20. The SMILES string of the molecule is C[C@]1(Cl)[C@H](n2ccc(=O)[nH]c2=O)O[C@H](CO)[C@]1(O)CF. The van der Waals surface area contributed by atoms with Crippen LogP contribution < -0.4 is 11.2 Å². The van der Waals surface area contributed by atoms with E-state index in [-0.39, 0.29) is 0 Å². The summed E-state index contributed by atoms with van der Waals surface area (Å²) in [5.74, 6) is 0. The summed E-state index contributed by atoms with van der Waals surface area (Å²) < 4.78 is 19.4. The van der Waals surface area contributed by atoms with Gasteiger partial charge in [-0.25, -0.2) is 9.18 Å². The third-order valence-electron chi connectivity index (χ3n) is 3.61. The van der Waals surface area contributed by atoms with Crippen molar-refractivity contribution in [2.24, 2.45) is 0 Å². The van der Waals surface area contributed by atoms with Gasteiger partial charge in [0.25, 0.3) is 5.56 Å². The van der Waals surface area contributed by atoms with Crippen molar-refractivity contribution in [1.29, 1.82) is 0 Å². The van der Waals surface area contributed by atoms with Gasteiger partial charge in [0, 0.05) is 12.3 Å². The molecule has 0 saturated carbocycles. The lowest BCUT2D eigenvalue weighted by molar-refractivity contribution is -0.0915. The Kier molecular flexibility index (Phi) is 3.76. The van der Waals surface area contributed by atoms with E-state index in [1.165, 1.54) is 6.92 Å². The van der Waals surface area contributed by atoms with Gasteiger partial charge in [-0.05, 0) is 6.92 Å². The maximum atomic E-state index is 13.2. The van der Waals surface area contributed by atoms with E-state index in [1.54, 1.807) is 0 Å². The fraction of sp³-hybridized carbons (Fsp3) is 0.636. The zero-order chi connectivity index (χ0) is 15.1. The second-order valence-electron chi connectivity index (χ2n) is 4.81. The van der Waals surface area contributed by atoms with Crippen molar-refractivity contribution in [3.05, 3.63) is 33.1 Å². The van der Waals surface area contributed by atoms with E-state index in [0.717, 1.165) is 16.8 Å². The number of hydrogen-bond donors (Lipinski definition) is 3. The standard InChI is InChI=1S/C11H14ClFN2O5/c1-10(12)8(15-3-2-7(17)14-9(15)18)20-6(4-16)11(10,19)5-13/h2-3,6,8,16,19H,4-5H2,1H3,(H,14,17,18)/t6-,8-,10+,11-/m1/s1. The summed E-state index contributed by atoms with van der Waals surface area (Å²) in [5.41, 5.74) is -3.59. The predicted molar refractivity (Wildman–Crippen MR) is 67.5 cm³/mol. The van der Waals surface area contributed by atoms with Crippen LogP contribution in [-0.2, 0) is 4.74 Å². The lowest BCUT2D eigenvalue weighted by atomic mass is 9.86. The van der Waals surface area contributed by atoms with E-state index in [2.05, 4.69) is 0 Å². The summed E-state index contributed by atoms with van der Waals surface area (Å²) in [4.78, 5) is 23.1. The van der Waals surface area contributed by atoms with Crippen LogP contribution in [0, 0.1) is 0 Å². The average Bonchev–Trinajstić information content (AvgIpc) is 2.59. The molecular weight excluding hydrogens is 295 g/mol. The molecule has 1 saturated heterocycles. The number of ether oxygens (including phenoxy) is 1. The lowest BCUT2D eigenvalue weighted by Crippen LogP contribution is -2.56. The molecule has 0 amide bonds. The number of aromatic amines is 1. The van der Waals surface area contributed by atoms with Gasteiger partial charge in [-0.3, -0.25) is 14.3 Å².